The maximum absolute atomic E-state index is 13.6. The van der Waals surface area contributed by atoms with Gasteiger partial charge < -0.3 is 10.4 Å². The van der Waals surface area contributed by atoms with Crippen molar-refractivity contribution in [2.24, 2.45) is 0 Å². The zero-order chi connectivity index (χ0) is 20.5. The van der Waals surface area contributed by atoms with Crippen molar-refractivity contribution in [3.8, 4) is 11.3 Å². The maximum Gasteiger partial charge on any atom is 0.259 e. The average Bonchev–Trinajstić information content (AvgIpc) is 3.09. The van der Waals surface area contributed by atoms with Gasteiger partial charge in [0, 0.05) is 16.8 Å². The largest absolute Gasteiger partial charge is 0.392 e. The number of aliphatic hydroxyl groups excluding tert-OH is 1. The molecule has 0 bridgehead atoms. The molecule has 0 radical (unpaired) electrons. The number of rotatable bonds is 4. The Morgan fingerprint density at radius 3 is 2.43 bits per heavy atom. The van der Waals surface area contributed by atoms with E-state index in [1.807, 2.05) is 20.8 Å². The van der Waals surface area contributed by atoms with Gasteiger partial charge in [0.1, 0.15) is 11.6 Å². The fourth-order valence-corrected chi connectivity index (χ4v) is 2.88. The molecule has 2 aromatic carbocycles. The quantitative estimate of drug-likeness (QED) is 0.703. The Kier molecular flexibility index (Phi) is 5.29. The third-order valence-corrected chi connectivity index (χ3v) is 4.24. The summed E-state index contributed by atoms with van der Waals surface area (Å²) in [5, 5.41) is 16.3. The lowest BCUT2D eigenvalue weighted by atomic mass is 10.0. The molecular formula is C21H21F2N3O2. The fourth-order valence-electron chi connectivity index (χ4n) is 2.88. The number of anilines is 1. The lowest BCUT2D eigenvalue weighted by Gasteiger charge is -2.23. The van der Waals surface area contributed by atoms with E-state index in [1.165, 1.54) is 36.5 Å². The Morgan fingerprint density at radius 1 is 1.14 bits per heavy atom. The smallest absolute Gasteiger partial charge is 0.259 e. The van der Waals surface area contributed by atoms with Crippen molar-refractivity contribution >= 4 is 11.6 Å². The van der Waals surface area contributed by atoms with Crippen LogP contribution < -0.4 is 5.32 Å². The molecule has 146 valence electrons. The van der Waals surface area contributed by atoms with E-state index in [-0.39, 0.29) is 11.4 Å². The molecule has 0 saturated heterocycles. The van der Waals surface area contributed by atoms with Gasteiger partial charge in [-0.25, -0.2) is 8.78 Å². The third-order valence-electron chi connectivity index (χ3n) is 4.24. The highest BCUT2D eigenvalue weighted by Crippen LogP contribution is 2.30. The first-order valence-electron chi connectivity index (χ1n) is 8.76. The Balaban J connectivity index is 2.03. The first-order valence-corrected chi connectivity index (χ1v) is 8.76. The van der Waals surface area contributed by atoms with Crippen molar-refractivity contribution in [1.29, 1.82) is 0 Å². The number of nitrogens with one attached hydrogen (secondary N) is 1. The van der Waals surface area contributed by atoms with Crippen LogP contribution in [0.3, 0.4) is 0 Å². The van der Waals surface area contributed by atoms with Crippen LogP contribution in [-0.2, 0) is 12.1 Å². The number of hydrogen-bond acceptors (Lipinski definition) is 3. The van der Waals surface area contributed by atoms with Gasteiger partial charge in [-0.05, 0) is 63.2 Å². The summed E-state index contributed by atoms with van der Waals surface area (Å²) in [7, 11) is 0. The van der Waals surface area contributed by atoms with E-state index in [0.29, 0.717) is 22.5 Å². The molecule has 0 spiro atoms. The maximum atomic E-state index is 13.6. The zero-order valence-corrected chi connectivity index (χ0v) is 15.8. The number of hydrogen-bond donors (Lipinski definition) is 2. The number of benzene rings is 2. The van der Waals surface area contributed by atoms with Gasteiger partial charge in [0.25, 0.3) is 5.91 Å². The summed E-state index contributed by atoms with van der Waals surface area (Å²) in [5.41, 5.74) is 1.52. The van der Waals surface area contributed by atoms with Gasteiger partial charge in [-0.3, -0.25) is 9.48 Å². The van der Waals surface area contributed by atoms with Crippen LogP contribution in [0.2, 0.25) is 0 Å². The molecule has 0 fully saturated rings. The molecule has 7 heteroatoms. The Labute approximate surface area is 161 Å². The monoisotopic (exact) mass is 385 g/mol. The van der Waals surface area contributed by atoms with Crippen molar-refractivity contribution in [2.75, 3.05) is 5.32 Å². The number of aromatic nitrogens is 2. The minimum absolute atomic E-state index is 0.0851. The van der Waals surface area contributed by atoms with Crippen LogP contribution in [0.15, 0.2) is 48.7 Å². The van der Waals surface area contributed by atoms with Crippen LogP contribution in [0.1, 0.15) is 36.7 Å². The molecule has 2 N–H and O–H groups in total. The number of carbonyl (C=O) groups excluding carboxylic acids is 1. The van der Waals surface area contributed by atoms with Gasteiger partial charge in [-0.1, -0.05) is 0 Å². The summed E-state index contributed by atoms with van der Waals surface area (Å²) < 4.78 is 28.6. The minimum Gasteiger partial charge on any atom is -0.392 e. The van der Waals surface area contributed by atoms with Crippen molar-refractivity contribution in [3.63, 3.8) is 0 Å². The van der Waals surface area contributed by atoms with Crippen molar-refractivity contribution < 1.29 is 18.7 Å². The van der Waals surface area contributed by atoms with Crippen LogP contribution in [0, 0.1) is 11.6 Å². The van der Waals surface area contributed by atoms with Crippen LogP contribution in [0.4, 0.5) is 14.5 Å². The Bertz CT molecular complexity index is 1010. The SMILES string of the molecule is CC(C)(C)n1ncc(C(=O)Nc2ccc(F)c(CO)c2)c1-c1ccc(F)cc1. The zero-order valence-electron chi connectivity index (χ0n) is 15.8. The second-order valence-corrected chi connectivity index (χ2v) is 7.41. The van der Waals surface area contributed by atoms with Crippen LogP contribution >= 0.6 is 0 Å². The van der Waals surface area contributed by atoms with Crippen LogP contribution in [0.25, 0.3) is 11.3 Å². The summed E-state index contributed by atoms with van der Waals surface area (Å²) in [6, 6.07) is 9.80. The van der Waals surface area contributed by atoms with E-state index in [0.717, 1.165) is 0 Å². The van der Waals surface area contributed by atoms with E-state index >= 15 is 0 Å². The molecule has 1 aromatic heterocycles. The number of halogens is 2. The average molecular weight is 385 g/mol. The molecule has 3 aromatic rings. The predicted octanol–water partition coefficient (Wildman–Crippen LogP) is 4.33. The van der Waals surface area contributed by atoms with Gasteiger partial charge in [0.2, 0.25) is 0 Å². The van der Waals surface area contributed by atoms with Gasteiger partial charge in [-0.2, -0.15) is 5.10 Å². The van der Waals surface area contributed by atoms with Crippen molar-refractivity contribution in [1.82, 2.24) is 9.78 Å². The van der Waals surface area contributed by atoms with Crippen molar-refractivity contribution in [2.45, 2.75) is 32.9 Å². The first-order chi connectivity index (χ1) is 13.2. The van der Waals surface area contributed by atoms with E-state index < -0.39 is 23.9 Å². The van der Waals surface area contributed by atoms with Gasteiger partial charge in [-0.15, -0.1) is 0 Å². The standard InChI is InChI=1S/C21H21F2N3O2/c1-21(2,3)26-19(13-4-6-15(22)7-5-13)17(11-24-26)20(28)25-16-8-9-18(23)14(10-16)12-27/h4-11,27H,12H2,1-3H3,(H,25,28). The van der Waals surface area contributed by atoms with E-state index in [9.17, 15) is 18.7 Å². The molecule has 0 unspecified atom stereocenters. The summed E-state index contributed by atoms with van der Waals surface area (Å²) in [6.45, 7) is 5.37. The van der Waals surface area contributed by atoms with Crippen LogP contribution in [-0.4, -0.2) is 20.8 Å². The minimum atomic E-state index is -0.548. The summed E-state index contributed by atoms with van der Waals surface area (Å²) in [6.07, 6.45) is 1.45. The second-order valence-electron chi connectivity index (χ2n) is 7.41. The highest BCUT2D eigenvalue weighted by molar-refractivity contribution is 6.08. The number of amides is 1. The van der Waals surface area contributed by atoms with Gasteiger partial charge in [0.05, 0.1) is 29.6 Å². The molecule has 28 heavy (non-hydrogen) atoms. The summed E-state index contributed by atoms with van der Waals surface area (Å²) in [5.74, 6) is -1.36. The normalized spacial score (nSPS) is 11.5. The Morgan fingerprint density at radius 2 is 1.82 bits per heavy atom. The predicted molar refractivity (Wildman–Crippen MR) is 103 cm³/mol. The molecule has 0 aliphatic rings. The molecule has 0 saturated carbocycles. The Hall–Kier alpha value is -3.06. The lowest BCUT2D eigenvalue weighted by Crippen LogP contribution is -2.24. The molecular weight excluding hydrogens is 364 g/mol. The lowest BCUT2D eigenvalue weighted by molar-refractivity contribution is 0.102. The molecule has 1 amide bonds. The molecule has 5 nitrogen and oxygen atoms in total. The molecule has 0 atom stereocenters. The van der Waals surface area contributed by atoms with E-state index in [1.54, 1.807) is 16.8 Å². The summed E-state index contributed by atoms with van der Waals surface area (Å²) in [4.78, 5) is 12.9. The number of carbonyl (C=O) groups is 1. The third kappa shape index (κ3) is 3.94. The van der Waals surface area contributed by atoms with Gasteiger partial charge in [0.15, 0.2) is 0 Å². The highest BCUT2D eigenvalue weighted by Gasteiger charge is 2.25. The van der Waals surface area contributed by atoms with Gasteiger partial charge >= 0.3 is 0 Å². The van der Waals surface area contributed by atoms with E-state index in [4.69, 9.17) is 0 Å². The highest BCUT2D eigenvalue weighted by atomic mass is 19.1. The number of nitrogens with zero attached hydrogens (tertiary/aromatic N) is 2. The summed E-state index contributed by atoms with van der Waals surface area (Å²) >= 11 is 0. The molecule has 3 rings (SSSR count). The topological polar surface area (TPSA) is 67.2 Å². The van der Waals surface area contributed by atoms with Crippen LogP contribution in [0.5, 0.6) is 0 Å². The first kappa shape index (κ1) is 19.7. The fraction of sp³-hybridized carbons (Fsp3) is 0.238. The van der Waals surface area contributed by atoms with Crippen molar-refractivity contribution in [3.05, 3.63) is 71.4 Å². The molecule has 0 aliphatic heterocycles. The van der Waals surface area contributed by atoms with E-state index in [2.05, 4.69) is 10.4 Å². The molecule has 0 aliphatic carbocycles. The molecule has 1 heterocycles. The number of aliphatic hydroxyl groups is 1. The second kappa shape index (κ2) is 7.52.